The second-order valence-corrected chi connectivity index (χ2v) is 9.26. The average Bonchev–Trinajstić information content (AvgIpc) is 3.24. The molecule has 1 aliphatic heterocycles. The number of rotatable bonds is 5. The van der Waals surface area contributed by atoms with Crippen molar-refractivity contribution in [3.05, 3.63) is 17.0 Å². The quantitative estimate of drug-likeness (QED) is 0.725. The highest BCUT2D eigenvalue weighted by atomic mass is 16.5. The Morgan fingerprint density at radius 2 is 2.00 bits per heavy atom. The molecule has 0 radical (unpaired) electrons. The molecule has 2 saturated carbocycles. The first-order valence-corrected chi connectivity index (χ1v) is 11.0. The Morgan fingerprint density at radius 1 is 1.25 bits per heavy atom. The van der Waals surface area contributed by atoms with Crippen LogP contribution in [0.15, 0.2) is 0 Å². The van der Waals surface area contributed by atoms with Crippen LogP contribution in [-0.4, -0.2) is 39.7 Å². The van der Waals surface area contributed by atoms with Crippen LogP contribution in [0.2, 0.25) is 0 Å². The first kappa shape index (κ1) is 19.5. The minimum atomic E-state index is -0.370. The largest absolute Gasteiger partial charge is 0.461 e. The van der Waals surface area contributed by atoms with E-state index in [2.05, 4.69) is 18.9 Å². The maximum Gasteiger partial charge on any atom is 0.359 e. The standard InChI is InChI=1S/C22H33N3O3/c1-4-28-21(27)19-16-14-24(11-8-18(16)25(23-19)13-15(2)3)20(26)17-12-22(17)9-6-5-7-10-22/h15,17H,4-14H2,1-3H3. The summed E-state index contributed by atoms with van der Waals surface area (Å²) < 4.78 is 7.21. The van der Waals surface area contributed by atoms with Gasteiger partial charge in [-0.1, -0.05) is 33.1 Å². The fourth-order valence-corrected chi connectivity index (χ4v) is 5.26. The number of aromatic nitrogens is 2. The zero-order chi connectivity index (χ0) is 19.9. The lowest BCUT2D eigenvalue weighted by Gasteiger charge is -2.30. The lowest BCUT2D eigenvalue weighted by Crippen LogP contribution is -2.39. The van der Waals surface area contributed by atoms with Gasteiger partial charge in [-0.25, -0.2) is 4.79 Å². The van der Waals surface area contributed by atoms with Gasteiger partial charge >= 0.3 is 5.97 Å². The molecular formula is C22H33N3O3. The normalized spacial score (nSPS) is 23.0. The molecule has 1 aromatic heterocycles. The van der Waals surface area contributed by atoms with Crippen LogP contribution in [0.4, 0.5) is 0 Å². The van der Waals surface area contributed by atoms with Gasteiger partial charge in [0.2, 0.25) is 5.91 Å². The van der Waals surface area contributed by atoms with Crippen LogP contribution in [0.25, 0.3) is 0 Å². The predicted molar refractivity (Wildman–Crippen MR) is 106 cm³/mol. The van der Waals surface area contributed by atoms with Gasteiger partial charge in [0.1, 0.15) is 0 Å². The zero-order valence-electron chi connectivity index (χ0n) is 17.5. The van der Waals surface area contributed by atoms with Crippen LogP contribution in [0.1, 0.15) is 81.0 Å². The fourth-order valence-electron chi connectivity index (χ4n) is 5.26. The summed E-state index contributed by atoms with van der Waals surface area (Å²) in [6, 6.07) is 0. The smallest absolute Gasteiger partial charge is 0.359 e. The second-order valence-electron chi connectivity index (χ2n) is 9.26. The summed E-state index contributed by atoms with van der Waals surface area (Å²) in [5.41, 5.74) is 2.70. The molecule has 1 spiro atoms. The van der Waals surface area contributed by atoms with E-state index in [9.17, 15) is 9.59 Å². The third kappa shape index (κ3) is 3.46. The lowest BCUT2D eigenvalue weighted by molar-refractivity contribution is -0.134. The Morgan fingerprint density at radius 3 is 2.68 bits per heavy atom. The van der Waals surface area contributed by atoms with Crippen LogP contribution < -0.4 is 0 Å². The molecule has 1 atom stereocenters. The van der Waals surface area contributed by atoms with Crippen LogP contribution in [0, 0.1) is 17.3 Å². The first-order valence-electron chi connectivity index (χ1n) is 11.0. The van der Waals surface area contributed by atoms with Crippen molar-refractivity contribution in [2.75, 3.05) is 13.2 Å². The number of ether oxygens (including phenoxy) is 1. The van der Waals surface area contributed by atoms with Crippen molar-refractivity contribution >= 4 is 11.9 Å². The average molecular weight is 388 g/mol. The van der Waals surface area contributed by atoms with E-state index in [0.29, 0.717) is 36.1 Å². The molecule has 0 saturated heterocycles. The molecule has 6 heteroatoms. The summed E-state index contributed by atoms with van der Waals surface area (Å²) in [7, 11) is 0. The van der Waals surface area contributed by atoms with E-state index in [1.807, 2.05) is 16.5 Å². The summed E-state index contributed by atoms with van der Waals surface area (Å²) in [5.74, 6) is 0.562. The Labute approximate surface area is 167 Å². The monoisotopic (exact) mass is 387 g/mol. The topological polar surface area (TPSA) is 64.4 Å². The number of fused-ring (bicyclic) bond motifs is 1. The van der Waals surface area contributed by atoms with E-state index < -0.39 is 0 Å². The third-order valence-corrected chi connectivity index (χ3v) is 6.79. The maximum atomic E-state index is 13.2. The van der Waals surface area contributed by atoms with Crippen molar-refractivity contribution in [1.82, 2.24) is 14.7 Å². The van der Waals surface area contributed by atoms with Crippen molar-refractivity contribution in [1.29, 1.82) is 0 Å². The number of carbonyl (C=O) groups excluding carboxylic acids is 2. The molecule has 0 aromatic carbocycles. The summed E-state index contributed by atoms with van der Waals surface area (Å²) in [6.07, 6.45) is 8.09. The minimum absolute atomic E-state index is 0.200. The maximum absolute atomic E-state index is 13.2. The third-order valence-electron chi connectivity index (χ3n) is 6.79. The van der Waals surface area contributed by atoms with E-state index in [-0.39, 0.29) is 11.9 Å². The molecule has 0 N–H and O–H groups in total. The summed E-state index contributed by atoms with van der Waals surface area (Å²) in [5, 5.41) is 4.59. The van der Waals surface area contributed by atoms with E-state index in [1.165, 1.54) is 32.1 Å². The van der Waals surface area contributed by atoms with E-state index in [0.717, 1.165) is 37.2 Å². The van der Waals surface area contributed by atoms with Crippen molar-refractivity contribution in [2.24, 2.45) is 17.3 Å². The van der Waals surface area contributed by atoms with Crippen LogP contribution in [-0.2, 0) is 29.0 Å². The zero-order valence-corrected chi connectivity index (χ0v) is 17.5. The van der Waals surface area contributed by atoms with Crippen molar-refractivity contribution in [2.45, 2.75) is 78.8 Å². The van der Waals surface area contributed by atoms with Gasteiger partial charge in [-0.15, -0.1) is 0 Å². The molecule has 4 rings (SSSR count). The molecule has 0 bridgehead atoms. The van der Waals surface area contributed by atoms with Crippen LogP contribution >= 0.6 is 0 Å². The Hall–Kier alpha value is -1.85. The highest BCUT2D eigenvalue weighted by molar-refractivity contribution is 5.90. The van der Waals surface area contributed by atoms with Gasteiger partial charge in [-0.3, -0.25) is 9.48 Å². The van der Waals surface area contributed by atoms with Crippen molar-refractivity contribution < 1.29 is 14.3 Å². The van der Waals surface area contributed by atoms with Gasteiger partial charge in [0.25, 0.3) is 0 Å². The fraction of sp³-hybridized carbons (Fsp3) is 0.773. The number of hydrogen-bond donors (Lipinski definition) is 0. The number of hydrogen-bond acceptors (Lipinski definition) is 4. The van der Waals surface area contributed by atoms with Gasteiger partial charge in [0.05, 0.1) is 6.61 Å². The van der Waals surface area contributed by atoms with E-state index >= 15 is 0 Å². The Bertz CT molecular complexity index is 761. The van der Waals surface area contributed by atoms with Gasteiger partial charge in [-0.2, -0.15) is 5.10 Å². The molecule has 1 aromatic rings. The SMILES string of the molecule is CCOC(=O)c1nn(CC(C)C)c2c1CN(C(=O)C1CC13CCCCC3)CC2. The van der Waals surface area contributed by atoms with Crippen molar-refractivity contribution in [3.8, 4) is 0 Å². The molecule has 2 fully saturated rings. The van der Waals surface area contributed by atoms with Crippen LogP contribution in [0.3, 0.4) is 0 Å². The molecule has 1 unspecified atom stereocenters. The Balaban J connectivity index is 1.54. The molecule has 6 nitrogen and oxygen atoms in total. The number of carbonyl (C=O) groups is 2. The van der Waals surface area contributed by atoms with Crippen molar-refractivity contribution in [3.63, 3.8) is 0 Å². The molecule has 2 aliphatic carbocycles. The Kier molecular flexibility index (Phi) is 5.23. The first-order chi connectivity index (χ1) is 13.4. The number of esters is 1. The summed E-state index contributed by atoms with van der Waals surface area (Å²) >= 11 is 0. The molecule has 1 amide bonds. The molecule has 154 valence electrons. The number of nitrogens with zero attached hydrogens (tertiary/aromatic N) is 3. The summed E-state index contributed by atoms with van der Waals surface area (Å²) in [4.78, 5) is 27.7. The predicted octanol–water partition coefficient (Wildman–Crippen LogP) is 3.57. The molecule has 28 heavy (non-hydrogen) atoms. The lowest BCUT2D eigenvalue weighted by atomic mass is 9.84. The van der Waals surface area contributed by atoms with Gasteiger partial charge < -0.3 is 9.64 Å². The van der Waals surface area contributed by atoms with Crippen LogP contribution in [0.5, 0.6) is 0 Å². The van der Waals surface area contributed by atoms with Gasteiger partial charge in [0.15, 0.2) is 5.69 Å². The summed E-state index contributed by atoms with van der Waals surface area (Å²) in [6.45, 7) is 8.43. The molecular weight excluding hydrogens is 354 g/mol. The second kappa shape index (κ2) is 7.53. The van der Waals surface area contributed by atoms with Gasteiger partial charge in [-0.05, 0) is 37.5 Å². The molecule has 2 heterocycles. The molecule has 3 aliphatic rings. The van der Waals surface area contributed by atoms with Gasteiger partial charge in [0, 0.05) is 43.2 Å². The highest BCUT2D eigenvalue weighted by Gasteiger charge is 2.58. The van der Waals surface area contributed by atoms with E-state index in [4.69, 9.17) is 4.74 Å². The highest BCUT2D eigenvalue weighted by Crippen LogP contribution is 2.62. The minimum Gasteiger partial charge on any atom is -0.461 e. The van der Waals surface area contributed by atoms with E-state index in [1.54, 1.807) is 0 Å². The number of amides is 1.